The highest BCUT2D eigenvalue weighted by Crippen LogP contribution is 2.45. The summed E-state index contributed by atoms with van der Waals surface area (Å²) in [5.74, 6) is -2.27. The maximum absolute atomic E-state index is 13.5. The second-order valence-electron chi connectivity index (χ2n) is 19.7. The van der Waals surface area contributed by atoms with E-state index >= 15 is 0 Å². The van der Waals surface area contributed by atoms with Crippen LogP contribution in [0.2, 0.25) is 0 Å². The van der Waals surface area contributed by atoms with Gasteiger partial charge < -0.3 is 39.4 Å². The normalized spacial score (nSPS) is 22.4. The number of rotatable bonds is 16. The van der Waals surface area contributed by atoms with Crippen molar-refractivity contribution in [2.24, 2.45) is 0 Å². The summed E-state index contributed by atoms with van der Waals surface area (Å²) in [6.45, 7) is 6.67. The van der Waals surface area contributed by atoms with Crippen molar-refractivity contribution in [2.45, 2.75) is 115 Å². The van der Waals surface area contributed by atoms with Gasteiger partial charge in [0.1, 0.15) is 29.9 Å². The van der Waals surface area contributed by atoms with E-state index in [0.29, 0.717) is 38.0 Å². The number of ether oxygens (including phenoxy) is 4. The molecule has 2 aliphatic rings. The minimum Gasteiger partial charge on any atom is -0.394 e. The molecule has 4 N–H and O–H groups in total. The number of hydrogen-bond donors (Lipinski definition) is 4. The lowest BCUT2D eigenvalue weighted by molar-refractivity contribution is -0.347. The molecule has 0 aliphatic carbocycles. The number of halogens is 4. The van der Waals surface area contributed by atoms with Gasteiger partial charge in [0.2, 0.25) is 5.79 Å². The third-order valence-electron chi connectivity index (χ3n) is 14.2. The fourth-order valence-electron chi connectivity index (χ4n) is 9.90. The summed E-state index contributed by atoms with van der Waals surface area (Å²) in [4.78, 5) is 4.48. The average Bonchev–Trinajstić information content (AvgIpc) is 4.13. The van der Waals surface area contributed by atoms with Gasteiger partial charge in [-0.1, -0.05) is 130 Å². The molecular formula is C63H62Br2F2O8S2. The summed E-state index contributed by atoms with van der Waals surface area (Å²) in [7, 11) is 0. The molecule has 2 fully saturated rings. The van der Waals surface area contributed by atoms with E-state index in [1.54, 1.807) is 46.9 Å². The second kappa shape index (κ2) is 26.0. The predicted molar refractivity (Wildman–Crippen MR) is 308 cm³/mol. The lowest BCUT2D eigenvalue weighted by Gasteiger charge is -2.47. The van der Waals surface area contributed by atoms with Crippen LogP contribution in [-0.4, -0.2) is 63.7 Å². The largest absolute Gasteiger partial charge is 0.394 e. The molecule has 77 heavy (non-hydrogen) atoms. The Labute approximate surface area is 474 Å². The average molecular weight is 1210 g/mol. The van der Waals surface area contributed by atoms with Gasteiger partial charge in [0.15, 0.2) is 0 Å². The van der Waals surface area contributed by atoms with E-state index in [2.05, 4.69) is 63.9 Å². The zero-order chi connectivity index (χ0) is 54.2. The smallest absolute Gasteiger partial charge is 0.223 e. The quantitative estimate of drug-likeness (QED) is 0.0756. The van der Waals surface area contributed by atoms with Crippen molar-refractivity contribution >= 4 is 54.5 Å². The molecule has 0 saturated carbocycles. The lowest BCUT2D eigenvalue weighted by Crippen LogP contribution is -2.57. The van der Waals surface area contributed by atoms with Gasteiger partial charge in [-0.25, -0.2) is 8.78 Å². The molecule has 14 heteroatoms. The molecule has 8 aromatic rings. The SMILES string of the molecule is CC[C@@H]1C[C@H](OCc2ccccc2)[C@@H](OCc2ccccc2)C(O)(c2cc(Cc3ccc(-c4ccc(F)cc4)s3)c(C)cc2Br)O1.Cc1cc(Br)c([C@@H]2O[C@H](CO)C[C@H](O)[C@H]2O)cc1Cc1ccc(-c2ccc(F)cc2)s1. The molecule has 6 aromatic carbocycles. The molecule has 2 saturated heterocycles. The van der Waals surface area contributed by atoms with Crippen LogP contribution in [0.15, 0.2) is 167 Å². The Morgan fingerprint density at radius 1 is 0.636 bits per heavy atom. The second-order valence-corrected chi connectivity index (χ2v) is 23.8. The number of benzene rings is 6. The van der Waals surface area contributed by atoms with E-state index in [-0.39, 0.29) is 30.8 Å². The molecule has 0 spiro atoms. The number of aliphatic hydroxyl groups excluding tert-OH is 3. The minimum absolute atomic E-state index is 0.200. The Balaban J connectivity index is 0.000000203. The van der Waals surface area contributed by atoms with Crippen LogP contribution in [0.1, 0.15) is 86.6 Å². The first-order valence-electron chi connectivity index (χ1n) is 25.8. The summed E-state index contributed by atoms with van der Waals surface area (Å²) < 4.78 is 53.9. The first-order valence-corrected chi connectivity index (χ1v) is 29.0. The van der Waals surface area contributed by atoms with Gasteiger partial charge in [-0.15, -0.1) is 22.7 Å². The van der Waals surface area contributed by atoms with E-state index in [1.807, 2.05) is 97.9 Å². The van der Waals surface area contributed by atoms with Gasteiger partial charge in [-0.05, 0) is 137 Å². The molecule has 0 amide bonds. The summed E-state index contributed by atoms with van der Waals surface area (Å²) in [6, 6.07) is 49.5. The van der Waals surface area contributed by atoms with Crippen molar-refractivity contribution in [1.82, 2.24) is 0 Å². The number of aryl methyl sites for hydroxylation is 2. The van der Waals surface area contributed by atoms with Crippen molar-refractivity contribution in [2.75, 3.05) is 6.61 Å². The van der Waals surface area contributed by atoms with Crippen molar-refractivity contribution in [3.05, 3.63) is 233 Å². The summed E-state index contributed by atoms with van der Waals surface area (Å²) in [5.41, 5.74) is 9.75. The zero-order valence-corrected chi connectivity index (χ0v) is 47.8. The molecule has 8 atom stereocenters. The highest BCUT2D eigenvalue weighted by atomic mass is 79.9. The van der Waals surface area contributed by atoms with Crippen LogP contribution in [0.5, 0.6) is 0 Å². The fraction of sp³-hybridized carbons (Fsp3) is 0.302. The minimum atomic E-state index is -1.77. The van der Waals surface area contributed by atoms with E-state index in [0.717, 1.165) is 80.1 Å². The summed E-state index contributed by atoms with van der Waals surface area (Å²) in [5, 5.41) is 42.9. The standard InChI is InChI=1S/C39H38BrFO4S.C24H24BrFO4S/c1-3-32-23-36(43-24-27-10-6-4-7-11-27)38(44-25-28-12-8-5-9-13-28)39(42,45-32)34-22-30(26(2)20-35(34)40)21-33-18-19-37(46-33)29-14-16-31(41)17-15-29;1-13-8-20(25)19(24-23(29)21(28)11-17(12-27)30-24)10-15(13)9-18-6-7-22(31-18)14-2-4-16(26)5-3-14/h4-20,22,32,36,38,42H,3,21,23-25H2,1-2H3;2-8,10,17,21,23-24,27-29H,9,11-12H2,1H3/t32-,36+,38-,39?;17-,21-,23+,24-/m10/s1. The van der Waals surface area contributed by atoms with Crippen molar-refractivity contribution in [1.29, 1.82) is 0 Å². The molecule has 4 heterocycles. The number of aliphatic hydroxyl groups is 4. The molecule has 8 nitrogen and oxygen atoms in total. The van der Waals surface area contributed by atoms with Crippen LogP contribution >= 0.6 is 54.5 Å². The molecule has 2 aliphatic heterocycles. The Kier molecular flexibility index (Phi) is 19.2. The van der Waals surface area contributed by atoms with E-state index in [9.17, 15) is 29.2 Å². The first kappa shape index (κ1) is 56.9. The molecule has 1 unspecified atom stereocenters. The van der Waals surface area contributed by atoms with Crippen molar-refractivity contribution in [3.63, 3.8) is 0 Å². The number of thiophene rings is 2. The van der Waals surface area contributed by atoms with Crippen molar-refractivity contribution < 1.29 is 48.2 Å². The van der Waals surface area contributed by atoms with Gasteiger partial charge in [-0.2, -0.15) is 0 Å². The molecule has 402 valence electrons. The summed E-state index contributed by atoms with van der Waals surface area (Å²) in [6.07, 6.45) is -1.81. The van der Waals surface area contributed by atoms with Crippen LogP contribution in [0.4, 0.5) is 8.78 Å². The zero-order valence-electron chi connectivity index (χ0n) is 43.0. The molecule has 0 bridgehead atoms. The van der Waals surface area contributed by atoms with Gasteiger partial charge in [0, 0.05) is 59.7 Å². The lowest BCUT2D eigenvalue weighted by atomic mass is 9.87. The van der Waals surface area contributed by atoms with Crippen LogP contribution in [0.3, 0.4) is 0 Å². The third-order valence-corrected chi connectivity index (χ3v) is 17.8. The van der Waals surface area contributed by atoms with E-state index in [1.165, 1.54) is 29.1 Å². The van der Waals surface area contributed by atoms with Crippen LogP contribution in [-0.2, 0) is 50.8 Å². The molecule has 0 radical (unpaired) electrons. The topological polar surface area (TPSA) is 118 Å². The summed E-state index contributed by atoms with van der Waals surface area (Å²) >= 11 is 10.7. The highest BCUT2D eigenvalue weighted by Gasteiger charge is 2.53. The van der Waals surface area contributed by atoms with Crippen molar-refractivity contribution in [3.8, 4) is 20.9 Å². The van der Waals surface area contributed by atoms with Crippen LogP contribution < -0.4 is 0 Å². The maximum Gasteiger partial charge on any atom is 0.223 e. The third kappa shape index (κ3) is 14.0. The molecular weight excluding hydrogens is 1150 g/mol. The molecule has 2 aromatic heterocycles. The Morgan fingerprint density at radius 2 is 1.16 bits per heavy atom. The van der Waals surface area contributed by atoms with Gasteiger partial charge in [0.25, 0.3) is 0 Å². The fourth-order valence-corrected chi connectivity index (χ4v) is 13.4. The van der Waals surface area contributed by atoms with Gasteiger partial charge >= 0.3 is 0 Å². The van der Waals surface area contributed by atoms with E-state index in [4.69, 9.17) is 18.9 Å². The van der Waals surface area contributed by atoms with Crippen LogP contribution in [0, 0.1) is 25.5 Å². The van der Waals surface area contributed by atoms with Gasteiger partial charge in [-0.3, -0.25) is 0 Å². The van der Waals surface area contributed by atoms with E-state index < -0.39 is 42.4 Å². The first-order chi connectivity index (χ1) is 37.2. The monoisotopic (exact) mass is 1210 g/mol. The van der Waals surface area contributed by atoms with Gasteiger partial charge in [0.05, 0.1) is 44.2 Å². The number of hydrogen-bond acceptors (Lipinski definition) is 10. The Bertz CT molecular complexity index is 3190. The Hall–Kier alpha value is -4.78. The maximum atomic E-state index is 13.5. The predicted octanol–water partition coefficient (Wildman–Crippen LogP) is 14.5. The highest BCUT2D eigenvalue weighted by molar-refractivity contribution is 9.10. The molecule has 10 rings (SSSR count). The Morgan fingerprint density at radius 3 is 1.69 bits per heavy atom. The van der Waals surface area contributed by atoms with Crippen LogP contribution in [0.25, 0.3) is 20.9 Å².